The summed E-state index contributed by atoms with van der Waals surface area (Å²) in [5.74, 6) is -2.19. The molecule has 0 radical (unpaired) electrons. The number of sulfonamides is 1. The van der Waals surface area contributed by atoms with Crippen LogP contribution in [0, 0.1) is 0 Å². The van der Waals surface area contributed by atoms with Crippen molar-refractivity contribution in [3.63, 3.8) is 0 Å². The molecule has 0 aliphatic carbocycles. The highest BCUT2D eigenvalue weighted by atomic mass is 32.2. The molecule has 0 fully saturated rings. The van der Waals surface area contributed by atoms with E-state index in [0.29, 0.717) is 0 Å². The minimum absolute atomic E-state index is 0.308. The molecule has 9 heteroatoms. The summed E-state index contributed by atoms with van der Waals surface area (Å²) in [5, 5.41) is 10.1. The molecule has 0 bridgehead atoms. The molecule has 0 atom stereocenters. The van der Waals surface area contributed by atoms with E-state index >= 15 is 0 Å². The van der Waals surface area contributed by atoms with Gasteiger partial charge in [0.1, 0.15) is 9.77 Å². The Morgan fingerprint density at radius 2 is 2.12 bits per heavy atom. The van der Waals surface area contributed by atoms with Crippen LogP contribution in [0.2, 0.25) is 0 Å². The first-order valence-corrected chi connectivity index (χ1v) is 6.29. The SMILES string of the molecule is NC(=O)CNS(=O)(=O)c1ccsc1C(=O)O. The van der Waals surface area contributed by atoms with Crippen LogP contribution in [0.25, 0.3) is 0 Å². The molecular weight excluding hydrogens is 256 g/mol. The number of nitrogens with one attached hydrogen (secondary N) is 1. The molecule has 1 aromatic heterocycles. The second-order valence-electron chi connectivity index (χ2n) is 2.71. The smallest absolute Gasteiger partial charge is 0.347 e. The van der Waals surface area contributed by atoms with Crippen LogP contribution in [0.1, 0.15) is 9.67 Å². The second-order valence-corrected chi connectivity index (χ2v) is 5.36. The van der Waals surface area contributed by atoms with E-state index in [1.54, 1.807) is 0 Å². The average molecular weight is 264 g/mol. The number of nitrogens with two attached hydrogens (primary N) is 1. The summed E-state index contributed by atoms with van der Waals surface area (Å²) in [5.41, 5.74) is 4.77. The van der Waals surface area contributed by atoms with Crippen molar-refractivity contribution < 1.29 is 23.1 Å². The molecule has 0 saturated heterocycles. The van der Waals surface area contributed by atoms with E-state index in [9.17, 15) is 18.0 Å². The molecule has 88 valence electrons. The van der Waals surface area contributed by atoms with Crippen molar-refractivity contribution in [3.05, 3.63) is 16.3 Å². The fourth-order valence-corrected chi connectivity index (χ4v) is 3.16. The van der Waals surface area contributed by atoms with E-state index < -0.39 is 28.4 Å². The second kappa shape index (κ2) is 4.60. The lowest BCUT2D eigenvalue weighted by atomic mass is 10.5. The third kappa shape index (κ3) is 2.78. The lowest BCUT2D eigenvalue weighted by Crippen LogP contribution is -2.33. The zero-order valence-corrected chi connectivity index (χ0v) is 9.47. The van der Waals surface area contributed by atoms with Crippen molar-refractivity contribution in [2.24, 2.45) is 5.73 Å². The quantitative estimate of drug-likeness (QED) is 0.642. The van der Waals surface area contributed by atoms with Gasteiger partial charge in [0.2, 0.25) is 15.9 Å². The van der Waals surface area contributed by atoms with Gasteiger partial charge >= 0.3 is 5.97 Å². The molecule has 0 unspecified atom stereocenters. The molecule has 0 aliphatic rings. The van der Waals surface area contributed by atoms with Gasteiger partial charge in [-0.05, 0) is 11.4 Å². The van der Waals surface area contributed by atoms with Crippen molar-refractivity contribution in [1.29, 1.82) is 0 Å². The van der Waals surface area contributed by atoms with Crippen LogP contribution < -0.4 is 10.5 Å². The molecule has 0 spiro atoms. The summed E-state index contributed by atoms with van der Waals surface area (Å²) in [6.07, 6.45) is 0. The van der Waals surface area contributed by atoms with Crippen LogP contribution in [-0.4, -0.2) is 31.9 Å². The maximum atomic E-state index is 11.5. The number of carbonyl (C=O) groups excluding carboxylic acids is 1. The predicted molar refractivity (Wildman–Crippen MR) is 55.7 cm³/mol. The van der Waals surface area contributed by atoms with Crippen LogP contribution in [0.15, 0.2) is 16.3 Å². The van der Waals surface area contributed by atoms with Crippen molar-refractivity contribution in [2.45, 2.75) is 4.90 Å². The molecule has 0 saturated carbocycles. The molecule has 1 heterocycles. The van der Waals surface area contributed by atoms with Gasteiger partial charge in [0, 0.05) is 0 Å². The standard InChI is InChI=1S/C7H8N2O5S2/c8-5(10)3-9-16(13,14)4-1-2-15-6(4)7(11)12/h1-2,9H,3H2,(H2,8,10)(H,11,12). The number of carboxylic acids is 1. The van der Waals surface area contributed by atoms with Crippen molar-refractivity contribution in [3.8, 4) is 0 Å². The van der Waals surface area contributed by atoms with Gasteiger partial charge in [-0.1, -0.05) is 0 Å². The maximum Gasteiger partial charge on any atom is 0.347 e. The summed E-state index contributed by atoms with van der Waals surface area (Å²) >= 11 is 0.784. The van der Waals surface area contributed by atoms with E-state index in [0.717, 1.165) is 17.4 Å². The van der Waals surface area contributed by atoms with Crippen molar-refractivity contribution >= 4 is 33.2 Å². The number of aromatic carboxylic acids is 1. The number of hydrogen-bond acceptors (Lipinski definition) is 5. The van der Waals surface area contributed by atoms with Crippen LogP contribution in [0.4, 0.5) is 0 Å². The Hall–Kier alpha value is -1.45. The van der Waals surface area contributed by atoms with E-state index in [4.69, 9.17) is 10.8 Å². The van der Waals surface area contributed by atoms with Crippen LogP contribution in [0.3, 0.4) is 0 Å². The van der Waals surface area contributed by atoms with Gasteiger partial charge in [-0.25, -0.2) is 17.9 Å². The van der Waals surface area contributed by atoms with E-state index in [-0.39, 0.29) is 9.77 Å². The highest BCUT2D eigenvalue weighted by Crippen LogP contribution is 2.21. The topological polar surface area (TPSA) is 127 Å². The predicted octanol–water partition coefficient (Wildman–Crippen LogP) is -0.790. The number of carboxylic acid groups (broad SMARTS) is 1. The minimum atomic E-state index is -4.01. The molecule has 1 amide bonds. The van der Waals surface area contributed by atoms with Crippen LogP contribution in [0.5, 0.6) is 0 Å². The Labute approximate surface area is 94.9 Å². The monoisotopic (exact) mass is 264 g/mol. The van der Waals surface area contributed by atoms with Crippen molar-refractivity contribution in [2.75, 3.05) is 6.54 Å². The molecule has 16 heavy (non-hydrogen) atoms. The third-order valence-corrected chi connectivity index (χ3v) is 4.02. The first-order valence-electron chi connectivity index (χ1n) is 3.93. The maximum absolute atomic E-state index is 11.5. The summed E-state index contributed by atoms with van der Waals surface area (Å²) in [4.78, 5) is 20.4. The lowest BCUT2D eigenvalue weighted by Gasteiger charge is -2.03. The molecule has 4 N–H and O–H groups in total. The molecule has 1 aromatic rings. The number of primary amides is 1. The molecule has 7 nitrogen and oxygen atoms in total. The van der Waals surface area contributed by atoms with Gasteiger partial charge in [0.25, 0.3) is 0 Å². The van der Waals surface area contributed by atoms with Crippen molar-refractivity contribution in [1.82, 2.24) is 4.72 Å². The zero-order valence-electron chi connectivity index (χ0n) is 7.84. The summed E-state index contributed by atoms with van der Waals surface area (Å²) < 4.78 is 25.0. The fraction of sp³-hybridized carbons (Fsp3) is 0.143. The Morgan fingerprint density at radius 1 is 1.50 bits per heavy atom. The van der Waals surface area contributed by atoms with Gasteiger partial charge < -0.3 is 10.8 Å². The molecule has 1 rings (SSSR count). The Morgan fingerprint density at radius 3 is 2.62 bits per heavy atom. The average Bonchev–Trinajstić information content (AvgIpc) is 2.63. The Kier molecular flexibility index (Phi) is 3.62. The third-order valence-electron chi connectivity index (χ3n) is 1.55. The summed E-state index contributed by atoms with van der Waals surface area (Å²) in [6.45, 7) is -0.572. The largest absolute Gasteiger partial charge is 0.477 e. The molecular formula is C7H8N2O5S2. The first kappa shape index (κ1) is 12.6. The van der Waals surface area contributed by atoms with Crippen LogP contribution >= 0.6 is 11.3 Å². The highest BCUT2D eigenvalue weighted by Gasteiger charge is 2.23. The zero-order chi connectivity index (χ0) is 12.3. The van der Waals surface area contributed by atoms with Gasteiger partial charge in [0.05, 0.1) is 6.54 Å². The highest BCUT2D eigenvalue weighted by molar-refractivity contribution is 7.89. The van der Waals surface area contributed by atoms with E-state index in [1.807, 2.05) is 4.72 Å². The normalized spacial score (nSPS) is 11.2. The van der Waals surface area contributed by atoms with Gasteiger partial charge in [0.15, 0.2) is 0 Å². The van der Waals surface area contributed by atoms with E-state index in [1.165, 1.54) is 5.38 Å². The molecule has 0 aliphatic heterocycles. The van der Waals surface area contributed by atoms with Gasteiger partial charge in [-0.15, -0.1) is 11.3 Å². The van der Waals surface area contributed by atoms with Gasteiger partial charge in [-0.3, -0.25) is 4.79 Å². The number of amides is 1. The summed E-state index contributed by atoms with van der Waals surface area (Å²) in [7, 11) is -4.01. The number of carbonyl (C=O) groups is 2. The number of rotatable bonds is 5. The Bertz CT molecular complexity index is 519. The Balaban J connectivity index is 3.03. The first-order chi connectivity index (χ1) is 7.34. The van der Waals surface area contributed by atoms with Crippen LogP contribution in [-0.2, 0) is 14.8 Å². The number of hydrogen-bond donors (Lipinski definition) is 3. The lowest BCUT2D eigenvalue weighted by molar-refractivity contribution is -0.116. The molecule has 0 aromatic carbocycles. The minimum Gasteiger partial charge on any atom is -0.477 e. The van der Waals surface area contributed by atoms with E-state index in [2.05, 4.69) is 0 Å². The van der Waals surface area contributed by atoms with Gasteiger partial charge in [-0.2, -0.15) is 0 Å². The summed E-state index contributed by atoms with van der Waals surface area (Å²) in [6, 6.07) is 1.15. The fourth-order valence-electron chi connectivity index (χ4n) is 0.909. The number of thiophene rings is 1.